The minimum atomic E-state index is -1.71. The van der Waals surface area contributed by atoms with Crippen molar-refractivity contribution in [3.8, 4) is 0 Å². The van der Waals surface area contributed by atoms with E-state index in [0.29, 0.717) is 0 Å². The smallest absolute Gasteiger partial charge is 0.170 e. The van der Waals surface area contributed by atoms with Crippen LogP contribution < -0.4 is 0 Å². The molecule has 0 aliphatic carbocycles. The summed E-state index contributed by atoms with van der Waals surface area (Å²) in [5.74, 6) is 0. The number of hydrogen-bond acceptors (Lipinski definition) is 1. The van der Waals surface area contributed by atoms with Crippen LogP contribution in [0, 0.1) is 0 Å². The molecule has 0 heterocycles. The maximum absolute atomic E-state index is 4.51. The summed E-state index contributed by atoms with van der Waals surface area (Å²) >= 11 is 0. The fourth-order valence-corrected chi connectivity index (χ4v) is 4.48. The van der Waals surface area contributed by atoms with Gasteiger partial charge >= 0.3 is 0 Å². The van der Waals surface area contributed by atoms with Crippen molar-refractivity contribution in [1.29, 1.82) is 0 Å². The lowest BCUT2D eigenvalue weighted by molar-refractivity contribution is 0.474. The summed E-state index contributed by atoms with van der Waals surface area (Å²) in [6.45, 7) is 3.67. The Morgan fingerprint density at radius 3 is 1.31 bits per heavy atom. The molecule has 0 amide bonds. The van der Waals surface area contributed by atoms with Gasteiger partial charge in [-0.05, 0) is 42.3 Å². The lowest BCUT2D eigenvalue weighted by Crippen LogP contribution is -2.30. The van der Waals surface area contributed by atoms with Gasteiger partial charge in [-0.1, -0.05) is 6.58 Å². The predicted octanol–water partition coefficient (Wildman–Crippen LogP) is 1.76. The zero-order valence-corrected chi connectivity index (χ0v) is 10.4. The number of hydrogen-bond donors (Lipinski definition) is 0. The van der Waals surface area contributed by atoms with Crippen LogP contribution in [-0.2, 0) is 0 Å². The largest absolute Gasteiger partial charge is 0.252 e. The van der Waals surface area contributed by atoms with Gasteiger partial charge in [0.25, 0.3) is 0 Å². The Morgan fingerprint density at radius 1 is 0.923 bits per heavy atom. The molecule has 0 saturated heterocycles. The zero-order valence-electron chi connectivity index (χ0n) is 9.52. The summed E-state index contributed by atoms with van der Waals surface area (Å²) in [5.41, 5.74) is 0. The van der Waals surface area contributed by atoms with Gasteiger partial charge in [0, 0.05) is 6.20 Å². The van der Waals surface area contributed by atoms with E-state index in [0.717, 1.165) is 0 Å². The van der Waals surface area contributed by atoms with Gasteiger partial charge in [-0.3, -0.25) is 14.0 Å². The van der Waals surface area contributed by atoms with Crippen LogP contribution in [0.25, 0.3) is 0 Å². The average molecular weight is 204 g/mol. The second kappa shape index (κ2) is 4.91. The highest BCUT2D eigenvalue weighted by Crippen LogP contribution is 2.54. The third-order valence-electron chi connectivity index (χ3n) is 1.85. The van der Waals surface area contributed by atoms with Crippen molar-refractivity contribution in [2.75, 3.05) is 42.3 Å². The Labute approximate surface area is 82.0 Å². The minimum absolute atomic E-state index is 1.63. The molecular weight excluding hydrogens is 183 g/mol. The molecule has 0 N–H and O–H groups in total. The molecule has 4 nitrogen and oxygen atoms in total. The molecule has 0 saturated carbocycles. The van der Waals surface area contributed by atoms with Crippen molar-refractivity contribution >= 4 is 7.51 Å². The Bertz CT molecular complexity index is 192. The molecule has 0 aromatic rings. The summed E-state index contributed by atoms with van der Waals surface area (Å²) in [6, 6.07) is 0. The lowest BCUT2D eigenvalue weighted by atomic mass is 11.1. The summed E-state index contributed by atoms with van der Waals surface area (Å²) in [6.07, 6.45) is 1.63. The standard InChI is InChI=1S/C8H21N4P/c1-8-9-13(10(2)3,11(4)5)12(6)7/h8H,1H2,2-7H3. The number of rotatable bonds is 4. The molecule has 0 aromatic heterocycles. The van der Waals surface area contributed by atoms with Crippen molar-refractivity contribution in [3.63, 3.8) is 0 Å². The maximum Gasteiger partial charge on any atom is 0.170 e. The van der Waals surface area contributed by atoms with E-state index in [9.17, 15) is 0 Å². The molecule has 13 heavy (non-hydrogen) atoms. The van der Waals surface area contributed by atoms with E-state index in [1.807, 2.05) is 42.3 Å². The van der Waals surface area contributed by atoms with Crippen molar-refractivity contribution < 1.29 is 0 Å². The molecular formula is C8H21N4P. The molecule has 0 fully saturated rings. The molecule has 0 spiro atoms. The van der Waals surface area contributed by atoms with Crippen LogP contribution in [-0.4, -0.2) is 56.3 Å². The monoisotopic (exact) mass is 204 g/mol. The van der Waals surface area contributed by atoms with Gasteiger partial charge in [0.1, 0.15) is 0 Å². The SMILES string of the molecule is C=CN=P(N(C)C)(N(C)C)N(C)C. The van der Waals surface area contributed by atoms with Gasteiger partial charge in [0.15, 0.2) is 7.51 Å². The van der Waals surface area contributed by atoms with Gasteiger partial charge < -0.3 is 0 Å². The van der Waals surface area contributed by atoms with Crippen LogP contribution >= 0.6 is 7.51 Å². The highest BCUT2D eigenvalue weighted by atomic mass is 31.2. The fourth-order valence-electron chi connectivity index (χ4n) is 1.49. The maximum atomic E-state index is 4.51. The van der Waals surface area contributed by atoms with E-state index < -0.39 is 7.51 Å². The summed E-state index contributed by atoms with van der Waals surface area (Å²) < 4.78 is 10.9. The van der Waals surface area contributed by atoms with Gasteiger partial charge in [0.05, 0.1) is 0 Å². The molecule has 0 aliphatic heterocycles. The van der Waals surface area contributed by atoms with Crippen LogP contribution in [0.5, 0.6) is 0 Å². The highest BCUT2D eigenvalue weighted by Gasteiger charge is 2.27. The van der Waals surface area contributed by atoms with Crippen molar-refractivity contribution in [3.05, 3.63) is 12.8 Å². The summed E-state index contributed by atoms with van der Waals surface area (Å²) in [5, 5.41) is 0. The second-order valence-electron chi connectivity index (χ2n) is 3.38. The molecule has 0 aromatic carbocycles. The molecule has 0 rings (SSSR count). The molecule has 0 aliphatic rings. The van der Waals surface area contributed by atoms with E-state index in [-0.39, 0.29) is 0 Å². The van der Waals surface area contributed by atoms with E-state index >= 15 is 0 Å². The summed E-state index contributed by atoms with van der Waals surface area (Å²) in [7, 11) is 10.5. The average Bonchev–Trinajstić information content (AvgIpc) is 1.97. The van der Waals surface area contributed by atoms with Crippen LogP contribution in [0.1, 0.15) is 0 Å². The Hall–Kier alpha value is -0.150. The Balaban J connectivity index is 5.32. The fraction of sp³-hybridized carbons (Fsp3) is 0.750. The highest BCUT2D eigenvalue weighted by molar-refractivity contribution is 7.59. The van der Waals surface area contributed by atoms with Crippen molar-refractivity contribution in [2.45, 2.75) is 0 Å². The first-order valence-corrected chi connectivity index (χ1v) is 5.75. The quantitative estimate of drug-likeness (QED) is 0.651. The Kier molecular flexibility index (Phi) is 4.86. The minimum Gasteiger partial charge on any atom is -0.252 e. The topological polar surface area (TPSA) is 22.1 Å². The first-order valence-electron chi connectivity index (χ1n) is 4.15. The van der Waals surface area contributed by atoms with Crippen molar-refractivity contribution in [2.24, 2.45) is 4.74 Å². The normalized spacial score (nSPS) is 12.7. The zero-order chi connectivity index (χ0) is 10.6. The third-order valence-corrected chi connectivity index (χ3v) is 5.54. The van der Waals surface area contributed by atoms with Gasteiger partial charge in [0.2, 0.25) is 0 Å². The van der Waals surface area contributed by atoms with Crippen LogP contribution in [0.3, 0.4) is 0 Å². The molecule has 0 bridgehead atoms. The van der Waals surface area contributed by atoms with Crippen LogP contribution in [0.2, 0.25) is 0 Å². The molecule has 0 atom stereocenters. The van der Waals surface area contributed by atoms with Gasteiger partial charge in [-0.25, -0.2) is 4.74 Å². The van der Waals surface area contributed by atoms with E-state index in [1.165, 1.54) is 0 Å². The first-order chi connectivity index (χ1) is 5.89. The lowest BCUT2D eigenvalue weighted by Gasteiger charge is -2.40. The first kappa shape index (κ1) is 12.8. The van der Waals surface area contributed by atoms with Gasteiger partial charge in [-0.2, -0.15) is 0 Å². The summed E-state index contributed by atoms with van der Waals surface area (Å²) in [4.78, 5) is 0. The van der Waals surface area contributed by atoms with E-state index in [1.54, 1.807) is 6.20 Å². The third kappa shape index (κ3) is 2.41. The molecule has 5 heteroatoms. The molecule has 0 unspecified atom stereocenters. The molecule has 78 valence electrons. The second-order valence-corrected chi connectivity index (χ2v) is 7.08. The predicted molar refractivity (Wildman–Crippen MR) is 60.6 cm³/mol. The van der Waals surface area contributed by atoms with Crippen LogP contribution in [0.15, 0.2) is 17.5 Å². The van der Waals surface area contributed by atoms with Crippen LogP contribution in [0.4, 0.5) is 0 Å². The van der Waals surface area contributed by atoms with Crippen molar-refractivity contribution in [1.82, 2.24) is 14.0 Å². The van der Waals surface area contributed by atoms with Gasteiger partial charge in [-0.15, -0.1) is 0 Å². The molecule has 0 radical (unpaired) electrons. The van der Waals surface area contributed by atoms with E-state index in [4.69, 9.17) is 0 Å². The van der Waals surface area contributed by atoms with E-state index in [2.05, 4.69) is 25.3 Å². The number of nitrogens with zero attached hydrogens (tertiary/aromatic N) is 4. The Morgan fingerprint density at radius 2 is 1.23 bits per heavy atom.